The molecule has 0 atom stereocenters. The number of aromatic nitrogens is 2. The summed E-state index contributed by atoms with van der Waals surface area (Å²) in [6, 6.07) is 9.59. The fraction of sp³-hybridized carbons (Fsp3) is 0.158. The zero-order valence-electron chi connectivity index (χ0n) is 14.3. The van der Waals surface area contributed by atoms with Gasteiger partial charge in [-0.2, -0.15) is 0 Å². The molecule has 3 rings (SSSR count). The highest BCUT2D eigenvalue weighted by molar-refractivity contribution is 7.98. The van der Waals surface area contributed by atoms with E-state index in [0.717, 1.165) is 5.69 Å². The molecule has 0 radical (unpaired) electrons. The fourth-order valence-corrected chi connectivity index (χ4v) is 3.01. The molecule has 0 aliphatic heterocycles. The molecule has 0 N–H and O–H groups in total. The van der Waals surface area contributed by atoms with Crippen LogP contribution in [0.25, 0.3) is 0 Å². The molecule has 0 saturated heterocycles. The van der Waals surface area contributed by atoms with Gasteiger partial charge in [-0.1, -0.05) is 23.4 Å². The summed E-state index contributed by atoms with van der Waals surface area (Å²) in [7, 11) is 0. The highest BCUT2D eigenvalue weighted by Gasteiger charge is 2.10. The van der Waals surface area contributed by atoms with E-state index < -0.39 is 0 Å². The molecule has 1 aromatic carbocycles. The van der Waals surface area contributed by atoms with E-state index in [4.69, 9.17) is 20.8 Å². The number of carbonyl (C=O) groups is 1. The molecule has 0 aliphatic carbocycles. The van der Waals surface area contributed by atoms with Crippen molar-refractivity contribution in [3.05, 3.63) is 81.1 Å². The first-order valence-corrected chi connectivity index (χ1v) is 9.33. The maximum absolute atomic E-state index is 12.1. The lowest BCUT2D eigenvalue weighted by Gasteiger charge is -2.06. The number of ether oxygens (including phenoxy) is 1. The van der Waals surface area contributed by atoms with Crippen LogP contribution >= 0.6 is 23.4 Å². The molecule has 0 fully saturated rings. The lowest BCUT2D eigenvalue weighted by atomic mass is 10.1. The average molecular weight is 403 g/mol. The van der Waals surface area contributed by atoms with Gasteiger partial charge in [0, 0.05) is 28.5 Å². The first-order valence-electron chi connectivity index (χ1n) is 7.97. The first-order chi connectivity index (χ1) is 13.0. The summed E-state index contributed by atoms with van der Waals surface area (Å²) in [5.41, 5.74) is 0.962. The molecular formula is C19H15ClN2O4S. The maximum atomic E-state index is 12.1. The Balaban J connectivity index is 1.58. The maximum Gasteiger partial charge on any atom is 0.227 e. The summed E-state index contributed by atoms with van der Waals surface area (Å²) in [6.07, 6.45) is 2.89. The number of rotatable bonds is 7. The molecule has 3 aromatic rings. The molecule has 6 nitrogen and oxygen atoms in total. The predicted octanol–water partition coefficient (Wildman–Crippen LogP) is 3.95. The first kappa shape index (κ1) is 19.1. The van der Waals surface area contributed by atoms with Gasteiger partial charge < -0.3 is 9.15 Å². The van der Waals surface area contributed by atoms with Crippen LogP contribution in [0.15, 0.2) is 63.2 Å². The zero-order valence-corrected chi connectivity index (χ0v) is 15.9. The lowest BCUT2D eigenvalue weighted by Crippen LogP contribution is -2.15. The van der Waals surface area contributed by atoms with Crippen LogP contribution in [-0.4, -0.2) is 22.4 Å². The third kappa shape index (κ3) is 5.42. The summed E-state index contributed by atoms with van der Waals surface area (Å²) in [5.74, 6) is 0.592. The summed E-state index contributed by atoms with van der Waals surface area (Å²) in [5, 5.41) is 1.14. The van der Waals surface area contributed by atoms with Crippen molar-refractivity contribution in [2.45, 2.75) is 17.8 Å². The SMILES string of the molecule is Cc1ccnc(SCc2cc(=O)c(OCC(=O)c3ccc(Cl)cc3)co2)n1. The number of carbonyl (C=O) groups excluding carboxylic acids is 1. The third-order valence-electron chi connectivity index (χ3n) is 3.49. The zero-order chi connectivity index (χ0) is 19.2. The molecule has 0 aliphatic rings. The van der Waals surface area contributed by atoms with Crippen molar-refractivity contribution in [1.29, 1.82) is 0 Å². The Hall–Kier alpha value is -2.64. The third-order valence-corrected chi connectivity index (χ3v) is 4.63. The number of aryl methyl sites for hydroxylation is 1. The molecule has 2 aromatic heterocycles. The molecule has 0 spiro atoms. The molecular weight excluding hydrogens is 388 g/mol. The van der Waals surface area contributed by atoms with Crippen LogP contribution in [-0.2, 0) is 5.75 Å². The van der Waals surface area contributed by atoms with Crippen LogP contribution in [0.2, 0.25) is 5.02 Å². The van der Waals surface area contributed by atoms with Crippen LogP contribution in [0.5, 0.6) is 5.75 Å². The fourth-order valence-electron chi connectivity index (χ4n) is 2.11. The van der Waals surface area contributed by atoms with Crippen molar-refractivity contribution in [3.63, 3.8) is 0 Å². The molecule has 0 bridgehead atoms. The second-order valence-electron chi connectivity index (χ2n) is 5.56. The number of nitrogens with zero attached hydrogens (tertiary/aromatic N) is 2. The minimum Gasteiger partial charge on any atom is -0.478 e. The van der Waals surface area contributed by atoms with Crippen molar-refractivity contribution < 1.29 is 13.9 Å². The van der Waals surface area contributed by atoms with Gasteiger partial charge in [0.1, 0.15) is 12.0 Å². The molecule has 27 heavy (non-hydrogen) atoms. The van der Waals surface area contributed by atoms with Crippen molar-refractivity contribution in [3.8, 4) is 5.75 Å². The van der Waals surface area contributed by atoms with Gasteiger partial charge in [-0.3, -0.25) is 9.59 Å². The van der Waals surface area contributed by atoms with Crippen LogP contribution in [0.4, 0.5) is 0 Å². The minimum absolute atomic E-state index is 0.0159. The Labute approximate surface area is 164 Å². The quantitative estimate of drug-likeness (QED) is 0.336. The summed E-state index contributed by atoms with van der Waals surface area (Å²) >= 11 is 7.15. The van der Waals surface area contributed by atoms with E-state index in [0.29, 0.717) is 27.3 Å². The Morgan fingerprint density at radius 2 is 2.04 bits per heavy atom. The molecule has 0 unspecified atom stereocenters. The largest absolute Gasteiger partial charge is 0.478 e. The van der Waals surface area contributed by atoms with Crippen molar-refractivity contribution in [2.24, 2.45) is 0 Å². The second-order valence-corrected chi connectivity index (χ2v) is 6.94. The topological polar surface area (TPSA) is 82.3 Å². The van der Waals surface area contributed by atoms with Gasteiger partial charge in [0.15, 0.2) is 17.5 Å². The lowest BCUT2D eigenvalue weighted by molar-refractivity contribution is 0.0919. The Morgan fingerprint density at radius 3 is 2.74 bits per heavy atom. The van der Waals surface area contributed by atoms with Crippen LogP contribution < -0.4 is 10.2 Å². The van der Waals surface area contributed by atoms with Gasteiger partial charge >= 0.3 is 0 Å². The average Bonchev–Trinajstić information content (AvgIpc) is 2.66. The van der Waals surface area contributed by atoms with Gasteiger partial charge in [-0.25, -0.2) is 9.97 Å². The number of hydrogen-bond donors (Lipinski definition) is 0. The van der Waals surface area contributed by atoms with Gasteiger partial charge in [-0.15, -0.1) is 0 Å². The molecule has 138 valence electrons. The number of thioether (sulfide) groups is 1. The number of Topliss-reactive ketones (excluding diaryl/α,β-unsaturated/α-hetero) is 1. The van der Waals surface area contributed by atoms with E-state index >= 15 is 0 Å². The van der Waals surface area contributed by atoms with E-state index in [1.165, 1.54) is 24.1 Å². The monoisotopic (exact) mass is 402 g/mol. The standard InChI is InChI=1S/C19H15ClN2O4S/c1-12-6-7-21-19(22-12)27-11-15-8-16(23)18(10-25-15)26-9-17(24)13-2-4-14(20)5-3-13/h2-8,10H,9,11H2,1H3. The van der Waals surface area contributed by atoms with E-state index in [-0.39, 0.29) is 23.6 Å². The van der Waals surface area contributed by atoms with Gasteiger partial charge in [-0.05, 0) is 37.3 Å². The van der Waals surface area contributed by atoms with Gasteiger partial charge in [0.25, 0.3) is 0 Å². The van der Waals surface area contributed by atoms with E-state index in [9.17, 15) is 9.59 Å². The normalized spacial score (nSPS) is 10.6. The van der Waals surface area contributed by atoms with Gasteiger partial charge in [0.2, 0.25) is 11.2 Å². The summed E-state index contributed by atoms with van der Waals surface area (Å²) in [6.45, 7) is 1.61. The molecule has 0 saturated carbocycles. The van der Waals surface area contributed by atoms with Crippen molar-refractivity contribution in [1.82, 2.24) is 9.97 Å². The smallest absolute Gasteiger partial charge is 0.227 e. The summed E-state index contributed by atoms with van der Waals surface area (Å²) < 4.78 is 10.7. The molecule has 8 heteroatoms. The van der Waals surface area contributed by atoms with Crippen LogP contribution in [0, 0.1) is 6.92 Å². The summed E-state index contributed by atoms with van der Waals surface area (Å²) in [4.78, 5) is 32.6. The number of ketones is 1. The predicted molar refractivity (Wildman–Crippen MR) is 103 cm³/mol. The highest BCUT2D eigenvalue weighted by Crippen LogP contribution is 2.19. The molecule has 0 amide bonds. The Morgan fingerprint density at radius 1 is 1.26 bits per heavy atom. The number of halogens is 1. The highest BCUT2D eigenvalue weighted by atomic mass is 35.5. The Bertz CT molecular complexity index is 1010. The van der Waals surface area contributed by atoms with Crippen molar-refractivity contribution >= 4 is 29.1 Å². The minimum atomic E-state index is -0.356. The van der Waals surface area contributed by atoms with Gasteiger partial charge in [0.05, 0.1) is 5.75 Å². The molecule has 2 heterocycles. The number of hydrogen-bond acceptors (Lipinski definition) is 7. The second kappa shape index (κ2) is 8.83. The van der Waals surface area contributed by atoms with E-state index in [1.807, 2.05) is 13.0 Å². The van der Waals surface area contributed by atoms with E-state index in [2.05, 4.69) is 9.97 Å². The van der Waals surface area contributed by atoms with E-state index in [1.54, 1.807) is 30.5 Å². The Kier molecular flexibility index (Phi) is 6.26. The van der Waals surface area contributed by atoms with Crippen molar-refractivity contribution in [2.75, 3.05) is 6.61 Å². The number of benzene rings is 1. The van der Waals surface area contributed by atoms with Crippen LogP contribution in [0.3, 0.4) is 0 Å². The van der Waals surface area contributed by atoms with Crippen LogP contribution in [0.1, 0.15) is 21.8 Å².